The quantitative estimate of drug-likeness (QED) is 0.219. The molecule has 2 aromatic carbocycles. The molecule has 0 spiro atoms. The summed E-state index contributed by atoms with van der Waals surface area (Å²) in [6, 6.07) is 9.68. The molecule has 1 aliphatic rings. The number of imidazole rings is 1. The Morgan fingerprint density at radius 3 is 2.68 bits per heavy atom. The van der Waals surface area contributed by atoms with Crippen molar-refractivity contribution in [1.82, 2.24) is 29.5 Å². The van der Waals surface area contributed by atoms with Crippen molar-refractivity contribution in [3.63, 3.8) is 0 Å². The van der Waals surface area contributed by atoms with Gasteiger partial charge in [0.05, 0.1) is 41.4 Å². The number of carbonyl (C=O) groups is 2. The maximum atomic E-state index is 13.4. The van der Waals surface area contributed by atoms with Gasteiger partial charge in [0.1, 0.15) is 17.2 Å². The second-order valence-corrected chi connectivity index (χ2v) is 11.7. The monoisotopic (exact) mass is 604 g/mol. The van der Waals surface area contributed by atoms with Gasteiger partial charge in [-0.1, -0.05) is 24.0 Å². The maximum absolute atomic E-state index is 13.4. The van der Waals surface area contributed by atoms with Gasteiger partial charge in [-0.25, -0.2) is 9.78 Å². The van der Waals surface area contributed by atoms with Gasteiger partial charge in [-0.2, -0.15) is 13.9 Å². The minimum Gasteiger partial charge on any atom is -0.444 e. The first-order chi connectivity index (χ1) is 20.9. The van der Waals surface area contributed by atoms with E-state index in [9.17, 15) is 18.4 Å². The van der Waals surface area contributed by atoms with Crippen molar-refractivity contribution in [2.24, 2.45) is 0 Å². The summed E-state index contributed by atoms with van der Waals surface area (Å²) in [7, 11) is 3.87. The van der Waals surface area contributed by atoms with Crippen LogP contribution in [0.3, 0.4) is 0 Å². The third kappa shape index (κ3) is 6.73. The minimum absolute atomic E-state index is 0.0314. The summed E-state index contributed by atoms with van der Waals surface area (Å²) < 4.78 is 40.5. The molecular formula is C32H34F2N6O4. The number of aromatic nitrogens is 4. The molecule has 5 rings (SSSR count). The molecule has 4 aromatic rings. The van der Waals surface area contributed by atoms with E-state index in [4.69, 9.17) is 14.5 Å². The average Bonchev–Trinajstić information content (AvgIpc) is 3.65. The number of hydrogen-bond donors (Lipinski definition) is 1. The van der Waals surface area contributed by atoms with E-state index in [1.54, 1.807) is 43.9 Å². The first kappa shape index (κ1) is 30.7. The Morgan fingerprint density at radius 1 is 1.20 bits per heavy atom. The van der Waals surface area contributed by atoms with Crippen molar-refractivity contribution in [2.75, 3.05) is 20.6 Å². The van der Waals surface area contributed by atoms with Gasteiger partial charge in [0.15, 0.2) is 6.29 Å². The van der Waals surface area contributed by atoms with Crippen LogP contribution in [-0.4, -0.2) is 69.5 Å². The number of benzene rings is 2. The number of rotatable bonds is 8. The fourth-order valence-corrected chi connectivity index (χ4v) is 5.36. The highest BCUT2D eigenvalue weighted by Crippen LogP contribution is 2.46. The summed E-state index contributed by atoms with van der Waals surface area (Å²) in [5.74, 6) is 7.03. The first-order valence-corrected chi connectivity index (χ1v) is 14.2. The molecule has 0 aliphatic carbocycles. The van der Waals surface area contributed by atoms with Crippen LogP contribution in [0.4, 0.5) is 13.6 Å². The molecule has 0 fully saturated rings. The molecule has 230 valence electrons. The first-order valence-electron chi connectivity index (χ1n) is 14.2. The number of aldehydes is 1. The van der Waals surface area contributed by atoms with Crippen LogP contribution in [0.5, 0.6) is 5.75 Å². The molecule has 2 atom stereocenters. The van der Waals surface area contributed by atoms with E-state index in [0.29, 0.717) is 36.9 Å². The van der Waals surface area contributed by atoms with E-state index >= 15 is 0 Å². The van der Waals surface area contributed by atoms with Crippen LogP contribution in [0.1, 0.15) is 72.1 Å². The largest absolute Gasteiger partial charge is 0.444 e. The number of alkyl carbamates (subject to hydrolysis) is 1. The van der Waals surface area contributed by atoms with Crippen LogP contribution in [-0.2, 0) is 11.3 Å². The van der Waals surface area contributed by atoms with Gasteiger partial charge >= 0.3 is 12.7 Å². The SMILES string of the molecule is CN(C)C1CC(c2c(C=O)cccc2OC(F)F)n2c1nc1ccc(C#Cc3cnn(CCNC(=O)OC(C)(C)C)c3)cc12. The zero-order valence-electron chi connectivity index (χ0n) is 25.2. The highest BCUT2D eigenvalue weighted by molar-refractivity contribution is 5.82. The molecule has 10 nitrogen and oxygen atoms in total. The zero-order chi connectivity index (χ0) is 31.6. The second kappa shape index (κ2) is 12.5. The minimum atomic E-state index is -3.03. The van der Waals surface area contributed by atoms with Crippen molar-refractivity contribution in [2.45, 2.75) is 58.0 Å². The average molecular weight is 605 g/mol. The fraction of sp³-hybridized carbons (Fsp3) is 0.375. The van der Waals surface area contributed by atoms with Gasteiger partial charge in [0, 0.05) is 29.4 Å². The topological polar surface area (TPSA) is 104 Å². The van der Waals surface area contributed by atoms with Crippen molar-refractivity contribution in [3.05, 3.63) is 76.9 Å². The third-order valence-corrected chi connectivity index (χ3v) is 7.17. The van der Waals surface area contributed by atoms with E-state index in [1.807, 2.05) is 41.8 Å². The van der Waals surface area contributed by atoms with Gasteiger partial charge in [-0.3, -0.25) is 14.4 Å². The Balaban J connectivity index is 1.43. The summed E-state index contributed by atoms with van der Waals surface area (Å²) in [5.41, 5.74) is 3.03. The molecule has 0 radical (unpaired) electrons. The van der Waals surface area contributed by atoms with E-state index < -0.39 is 24.3 Å². The lowest BCUT2D eigenvalue weighted by Crippen LogP contribution is -2.34. The van der Waals surface area contributed by atoms with E-state index in [-0.39, 0.29) is 17.4 Å². The smallest absolute Gasteiger partial charge is 0.407 e. The number of amides is 1. The highest BCUT2D eigenvalue weighted by Gasteiger charge is 2.38. The standard InChI is InChI=1S/C32H34F2N6O4/c1-32(2,3)44-31(42)35-13-14-39-18-21(17-36-39)10-9-20-11-12-23-24(15-20)40-25(16-26(38(4)5)29(40)37-23)28-22(19-41)7-6-8-27(28)43-30(33)34/h6-8,11-12,15,17-19,25-26,30H,13-14,16H2,1-5H3,(H,35,42). The number of carbonyl (C=O) groups excluding carboxylic acids is 2. The van der Waals surface area contributed by atoms with E-state index in [2.05, 4.69) is 22.3 Å². The number of halogens is 2. The third-order valence-electron chi connectivity index (χ3n) is 7.17. The predicted octanol–water partition coefficient (Wildman–Crippen LogP) is 5.17. The van der Waals surface area contributed by atoms with Gasteiger partial charge in [-0.15, -0.1) is 0 Å². The van der Waals surface area contributed by atoms with Crippen molar-refractivity contribution >= 4 is 23.4 Å². The molecule has 0 bridgehead atoms. The number of alkyl halides is 2. The number of nitrogens with zero attached hydrogens (tertiary/aromatic N) is 5. The van der Waals surface area contributed by atoms with Crippen LogP contribution in [0, 0.1) is 11.8 Å². The van der Waals surface area contributed by atoms with Crippen molar-refractivity contribution in [1.29, 1.82) is 0 Å². The highest BCUT2D eigenvalue weighted by atomic mass is 19.3. The number of hydrogen-bond acceptors (Lipinski definition) is 7. The summed E-state index contributed by atoms with van der Waals surface area (Å²) in [4.78, 5) is 30.8. The summed E-state index contributed by atoms with van der Waals surface area (Å²) >= 11 is 0. The summed E-state index contributed by atoms with van der Waals surface area (Å²) in [6.45, 7) is 3.17. The van der Waals surface area contributed by atoms with Crippen LogP contribution >= 0.6 is 0 Å². The van der Waals surface area contributed by atoms with E-state index in [0.717, 1.165) is 22.4 Å². The van der Waals surface area contributed by atoms with Crippen LogP contribution < -0.4 is 10.1 Å². The van der Waals surface area contributed by atoms with Crippen LogP contribution in [0.2, 0.25) is 0 Å². The molecule has 12 heteroatoms. The number of ether oxygens (including phenoxy) is 2. The lowest BCUT2D eigenvalue weighted by atomic mass is 9.96. The molecule has 0 saturated carbocycles. The number of nitrogens with one attached hydrogen (secondary N) is 1. The van der Waals surface area contributed by atoms with Crippen molar-refractivity contribution < 1.29 is 27.8 Å². The van der Waals surface area contributed by atoms with Gasteiger partial charge in [0.2, 0.25) is 0 Å². The Labute approximate surface area is 253 Å². The van der Waals surface area contributed by atoms with Gasteiger partial charge in [0.25, 0.3) is 0 Å². The molecule has 0 saturated heterocycles. The Morgan fingerprint density at radius 2 is 1.98 bits per heavy atom. The molecule has 1 aliphatic heterocycles. The molecular weight excluding hydrogens is 570 g/mol. The van der Waals surface area contributed by atoms with Crippen LogP contribution in [0.25, 0.3) is 11.0 Å². The number of fused-ring (bicyclic) bond motifs is 3. The normalized spacial score (nSPS) is 16.1. The lowest BCUT2D eigenvalue weighted by Gasteiger charge is -2.22. The Kier molecular flexibility index (Phi) is 8.69. The summed E-state index contributed by atoms with van der Waals surface area (Å²) in [5, 5.41) is 7.01. The zero-order valence-corrected chi connectivity index (χ0v) is 25.2. The van der Waals surface area contributed by atoms with Crippen molar-refractivity contribution in [3.8, 4) is 17.6 Å². The molecule has 44 heavy (non-hydrogen) atoms. The molecule has 1 amide bonds. The molecule has 2 aromatic heterocycles. The maximum Gasteiger partial charge on any atom is 0.407 e. The Bertz CT molecular complexity index is 1740. The second-order valence-electron chi connectivity index (χ2n) is 11.7. The predicted molar refractivity (Wildman–Crippen MR) is 160 cm³/mol. The van der Waals surface area contributed by atoms with Gasteiger partial charge < -0.3 is 19.4 Å². The molecule has 1 N–H and O–H groups in total. The van der Waals surface area contributed by atoms with E-state index in [1.165, 1.54) is 12.1 Å². The van der Waals surface area contributed by atoms with Crippen LogP contribution in [0.15, 0.2) is 48.8 Å². The molecule has 3 heterocycles. The molecule has 2 unspecified atom stereocenters. The lowest BCUT2D eigenvalue weighted by molar-refractivity contribution is -0.0507. The fourth-order valence-electron chi connectivity index (χ4n) is 5.36. The Hall–Kier alpha value is -4.76. The van der Waals surface area contributed by atoms with Gasteiger partial charge in [-0.05, 0) is 65.6 Å². The summed E-state index contributed by atoms with van der Waals surface area (Å²) in [6.07, 6.45) is 4.14.